The van der Waals surface area contributed by atoms with Gasteiger partial charge in [-0.2, -0.15) is 0 Å². The molecule has 0 spiro atoms. The molecule has 2 heterocycles. The van der Waals surface area contributed by atoms with Crippen molar-refractivity contribution in [1.82, 2.24) is 18.7 Å². The Morgan fingerprint density at radius 2 is 1.82 bits per heavy atom. The van der Waals surface area contributed by atoms with Gasteiger partial charge < -0.3 is 5.32 Å². The van der Waals surface area contributed by atoms with Crippen LogP contribution in [-0.4, -0.2) is 24.6 Å². The van der Waals surface area contributed by atoms with E-state index in [4.69, 9.17) is 0 Å². The van der Waals surface area contributed by atoms with Gasteiger partial charge in [-0.25, -0.2) is 9.78 Å². The summed E-state index contributed by atoms with van der Waals surface area (Å²) < 4.78 is 4.35. The summed E-state index contributed by atoms with van der Waals surface area (Å²) in [7, 11) is 3.38. The zero-order valence-corrected chi connectivity index (χ0v) is 15.8. The maximum Gasteiger partial charge on any atom is 0.328 e. The summed E-state index contributed by atoms with van der Waals surface area (Å²) in [6, 6.07) is 10.6. The fraction of sp³-hybridized carbons (Fsp3) is 0.200. The minimum Gasteiger partial charge on any atom is -0.324 e. The number of aryl methyl sites for hydroxylation is 3. The zero-order chi connectivity index (χ0) is 20.0. The molecule has 142 valence electrons. The van der Waals surface area contributed by atoms with E-state index in [0.29, 0.717) is 22.1 Å². The molecule has 0 aliphatic heterocycles. The molecule has 2 aromatic carbocycles. The van der Waals surface area contributed by atoms with E-state index >= 15 is 0 Å². The fourth-order valence-electron chi connectivity index (χ4n) is 3.39. The molecule has 1 amide bonds. The molecule has 0 fully saturated rings. The average Bonchev–Trinajstić information content (AvgIpc) is 2.88. The number of fused-ring (bicyclic) bond motifs is 2. The van der Waals surface area contributed by atoms with E-state index in [1.807, 2.05) is 13.0 Å². The minimum absolute atomic E-state index is 0.137. The van der Waals surface area contributed by atoms with Gasteiger partial charge in [0, 0.05) is 19.8 Å². The van der Waals surface area contributed by atoms with E-state index in [-0.39, 0.29) is 23.7 Å². The number of hydrogen-bond acceptors (Lipinski definition) is 4. The van der Waals surface area contributed by atoms with Crippen molar-refractivity contribution < 1.29 is 4.79 Å². The predicted octanol–water partition coefficient (Wildman–Crippen LogP) is 1.53. The largest absolute Gasteiger partial charge is 0.328 e. The van der Waals surface area contributed by atoms with Crippen LogP contribution in [0.2, 0.25) is 0 Å². The molecule has 0 saturated carbocycles. The maximum absolute atomic E-state index is 12.6. The lowest BCUT2D eigenvalue weighted by Crippen LogP contribution is -2.28. The number of aromatic nitrogens is 4. The van der Waals surface area contributed by atoms with Crippen LogP contribution in [0.15, 0.2) is 52.3 Å². The number of imidazole rings is 1. The fourth-order valence-corrected chi connectivity index (χ4v) is 3.39. The maximum atomic E-state index is 12.6. The van der Waals surface area contributed by atoms with E-state index in [9.17, 15) is 14.4 Å². The number of hydrogen-bond donors (Lipinski definition) is 1. The average molecular weight is 377 g/mol. The monoisotopic (exact) mass is 377 g/mol. The van der Waals surface area contributed by atoms with Crippen molar-refractivity contribution in [2.24, 2.45) is 14.1 Å². The topological polar surface area (TPSA) is 90.9 Å². The van der Waals surface area contributed by atoms with Crippen LogP contribution in [0.4, 0.5) is 5.69 Å². The Morgan fingerprint density at radius 3 is 2.61 bits per heavy atom. The second kappa shape index (κ2) is 6.49. The number of carbonyl (C=O) groups is 1. The van der Waals surface area contributed by atoms with Gasteiger partial charge >= 0.3 is 5.69 Å². The number of nitrogens with one attached hydrogen (secondary N) is 1. The molecule has 0 saturated heterocycles. The number of rotatable bonds is 3. The van der Waals surface area contributed by atoms with Gasteiger partial charge in [-0.05, 0) is 36.8 Å². The Bertz CT molecular complexity index is 1360. The molecule has 2 aromatic heterocycles. The van der Waals surface area contributed by atoms with Gasteiger partial charge in [-0.1, -0.05) is 12.1 Å². The van der Waals surface area contributed by atoms with Gasteiger partial charge in [0.05, 0.1) is 28.3 Å². The Hall–Kier alpha value is -3.68. The summed E-state index contributed by atoms with van der Waals surface area (Å²) in [6.07, 6.45) is 1.39. The van der Waals surface area contributed by atoms with Gasteiger partial charge in [0.15, 0.2) is 0 Å². The van der Waals surface area contributed by atoms with Gasteiger partial charge in [-0.3, -0.25) is 23.3 Å². The van der Waals surface area contributed by atoms with E-state index in [1.165, 1.54) is 15.5 Å². The highest BCUT2D eigenvalue weighted by Gasteiger charge is 2.12. The van der Waals surface area contributed by atoms with Crippen LogP contribution >= 0.6 is 0 Å². The summed E-state index contributed by atoms with van der Waals surface area (Å²) in [6.45, 7) is 1.74. The first-order chi connectivity index (χ1) is 13.4. The number of amides is 1. The van der Waals surface area contributed by atoms with Crippen LogP contribution in [-0.2, 0) is 25.4 Å². The van der Waals surface area contributed by atoms with Crippen molar-refractivity contribution in [3.05, 3.63) is 69.1 Å². The number of benzene rings is 2. The van der Waals surface area contributed by atoms with Gasteiger partial charge in [0.25, 0.3) is 5.56 Å². The Kier molecular flexibility index (Phi) is 4.11. The van der Waals surface area contributed by atoms with E-state index in [2.05, 4.69) is 10.3 Å². The van der Waals surface area contributed by atoms with Crippen molar-refractivity contribution >= 4 is 33.5 Å². The molecular weight excluding hydrogens is 358 g/mol. The van der Waals surface area contributed by atoms with Crippen LogP contribution < -0.4 is 16.6 Å². The Balaban J connectivity index is 1.61. The molecule has 28 heavy (non-hydrogen) atoms. The second-order valence-electron chi connectivity index (χ2n) is 6.80. The highest BCUT2D eigenvalue weighted by atomic mass is 16.2. The smallest absolute Gasteiger partial charge is 0.324 e. The van der Waals surface area contributed by atoms with E-state index < -0.39 is 0 Å². The van der Waals surface area contributed by atoms with Crippen molar-refractivity contribution in [3.63, 3.8) is 0 Å². The molecule has 8 heteroatoms. The lowest BCUT2D eigenvalue weighted by atomic mass is 10.1. The number of para-hydroxylation sites is 1. The second-order valence-corrected chi connectivity index (χ2v) is 6.80. The third-order valence-electron chi connectivity index (χ3n) is 4.92. The van der Waals surface area contributed by atoms with Crippen LogP contribution in [0, 0.1) is 6.92 Å². The van der Waals surface area contributed by atoms with E-state index in [1.54, 1.807) is 49.0 Å². The molecule has 0 aliphatic carbocycles. The molecule has 1 N–H and O–H groups in total. The summed E-state index contributed by atoms with van der Waals surface area (Å²) in [5.41, 5.74) is 3.19. The summed E-state index contributed by atoms with van der Waals surface area (Å²) >= 11 is 0. The number of anilines is 1. The summed E-state index contributed by atoms with van der Waals surface area (Å²) in [5.74, 6) is -0.351. The minimum atomic E-state index is -0.351. The number of nitrogens with zero attached hydrogens (tertiary/aromatic N) is 4. The molecular formula is C20H19N5O3. The van der Waals surface area contributed by atoms with Crippen LogP contribution in [0.3, 0.4) is 0 Å². The quantitative estimate of drug-likeness (QED) is 0.586. The van der Waals surface area contributed by atoms with E-state index in [0.717, 1.165) is 11.1 Å². The normalized spacial score (nSPS) is 11.2. The van der Waals surface area contributed by atoms with Crippen molar-refractivity contribution in [2.45, 2.75) is 13.5 Å². The number of carbonyl (C=O) groups excluding carboxylic acids is 1. The van der Waals surface area contributed by atoms with Crippen LogP contribution in [0.25, 0.3) is 21.9 Å². The first-order valence-corrected chi connectivity index (χ1v) is 8.77. The van der Waals surface area contributed by atoms with Crippen molar-refractivity contribution in [1.29, 1.82) is 0 Å². The van der Waals surface area contributed by atoms with Gasteiger partial charge in [-0.15, -0.1) is 0 Å². The molecule has 4 rings (SSSR count). The highest BCUT2D eigenvalue weighted by molar-refractivity contribution is 5.93. The summed E-state index contributed by atoms with van der Waals surface area (Å²) in [4.78, 5) is 41.4. The molecule has 0 unspecified atom stereocenters. The molecule has 0 aliphatic rings. The third kappa shape index (κ3) is 2.79. The standard InChI is InChI=1S/C20H19N5O3/c1-12-5-4-6-14-18(12)21-11-25(19(14)27)10-17(26)22-13-7-8-15-16(9-13)24(3)20(28)23(15)2/h4-9,11H,10H2,1-3H3,(H,22,26). The summed E-state index contributed by atoms with van der Waals surface area (Å²) in [5, 5.41) is 3.26. The highest BCUT2D eigenvalue weighted by Crippen LogP contribution is 2.17. The lowest BCUT2D eigenvalue weighted by molar-refractivity contribution is -0.116. The lowest BCUT2D eigenvalue weighted by Gasteiger charge is -2.09. The van der Waals surface area contributed by atoms with Gasteiger partial charge in [0.2, 0.25) is 5.91 Å². The molecule has 8 nitrogen and oxygen atoms in total. The molecule has 0 bridgehead atoms. The van der Waals surface area contributed by atoms with Gasteiger partial charge in [0.1, 0.15) is 6.54 Å². The van der Waals surface area contributed by atoms with Crippen molar-refractivity contribution in [2.75, 3.05) is 5.32 Å². The predicted molar refractivity (Wildman–Crippen MR) is 108 cm³/mol. The molecule has 0 atom stereocenters. The Labute approximate surface area is 159 Å². The first kappa shape index (κ1) is 17.7. The van der Waals surface area contributed by atoms with Crippen LogP contribution in [0.1, 0.15) is 5.56 Å². The van der Waals surface area contributed by atoms with Crippen molar-refractivity contribution in [3.8, 4) is 0 Å². The molecule has 0 radical (unpaired) electrons. The van der Waals surface area contributed by atoms with Crippen LogP contribution in [0.5, 0.6) is 0 Å². The Morgan fingerprint density at radius 1 is 1.07 bits per heavy atom. The SMILES string of the molecule is Cc1cccc2c(=O)n(CC(=O)Nc3ccc4c(c3)n(C)c(=O)n4C)cnc12. The first-order valence-electron chi connectivity index (χ1n) is 8.77. The third-order valence-corrected chi connectivity index (χ3v) is 4.92. The zero-order valence-electron chi connectivity index (χ0n) is 15.8. The molecule has 4 aromatic rings.